The Balaban J connectivity index is 1.68. The number of nitrogens with zero attached hydrogens (tertiary/aromatic N) is 3. The lowest BCUT2D eigenvalue weighted by Gasteiger charge is -2.29. The maximum atomic E-state index is 12.4. The molecule has 0 unspecified atom stereocenters. The van der Waals surface area contributed by atoms with Crippen LogP contribution in [0.3, 0.4) is 0 Å². The first kappa shape index (κ1) is 29.3. The summed E-state index contributed by atoms with van der Waals surface area (Å²) in [6.45, 7) is 10.7. The van der Waals surface area contributed by atoms with Gasteiger partial charge in [-0.05, 0) is 99.9 Å². The minimum Gasteiger partial charge on any atom is -0.495 e. The van der Waals surface area contributed by atoms with E-state index in [9.17, 15) is 4.79 Å². The Kier molecular flexibility index (Phi) is 8.34. The highest BCUT2D eigenvalue weighted by atomic mass is 32.1. The fourth-order valence-electron chi connectivity index (χ4n) is 6.17. The summed E-state index contributed by atoms with van der Waals surface area (Å²) >= 11 is 5.98. The zero-order chi connectivity index (χ0) is 30.1. The second-order valence-electron chi connectivity index (χ2n) is 10.8. The average molecular weight is 584 g/mol. The first-order valence-electron chi connectivity index (χ1n) is 13.9. The molecule has 0 aliphatic carbocycles. The van der Waals surface area contributed by atoms with E-state index >= 15 is 0 Å². The lowest BCUT2D eigenvalue weighted by atomic mass is 9.96. The number of hydrogen-bond donors (Lipinski definition) is 2. The van der Waals surface area contributed by atoms with Crippen LogP contribution < -0.4 is 20.3 Å². The Morgan fingerprint density at radius 2 is 1.76 bits per heavy atom. The van der Waals surface area contributed by atoms with Crippen LogP contribution in [0.15, 0.2) is 60.8 Å². The Morgan fingerprint density at radius 3 is 2.40 bits per heavy atom. The topological polar surface area (TPSA) is 80.7 Å². The maximum absolute atomic E-state index is 12.4. The van der Waals surface area contributed by atoms with Crippen LogP contribution in [0.25, 0.3) is 5.69 Å². The van der Waals surface area contributed by atoms with E-state index in [2.05, 4.69) is 72.9 Å². The highest BCUT2D eigenvalue weighted by molar-refractivity contribution is 7.80. The van der Waals surface area contributed by atoms with Crippen molar-refractivity contribution < 1.29 is 14.3 Å². The van der Waals surface area contributed by atoms with E-state index in [-0.39, 0.29) is 24.6 Å². The second kappa shape index (κ2) is 12.0. The number of anilines is 2. The van der Waals surface area contributed by atoms with Crippen LogP contribution in [0.2, 0.25) is 0 Å². The van der Waals surface area contributed by atoms with Gasteiger partial charge in [0, 0.05) is 30.4 Å². The van der Waals surface area contributed by atoms with Gasteiger partial charge >= 0.3 is 0 Å². The molecule has 0 bridgehead atoms. The number of carbonyl (C=O) groups is 1. The Labute approximate surface area is 252 Å². The van der Waals surface area contributed by atoms with Crippen LogP contribution in [0.4, 0.5) is 11.4 Å². The van der Waals surface area contributed by atoms with Crippen molar-refractivity contribution in [3.63, 3.8) is 0 Å². The number of methoxy groups -OCH3 is 2. The Hall–Kier alpha value is -4.21. The summed E-state index contributed by atoms with van der Waals surface area (Å²) in [5, 5.41) is 7.03. The zero-order valence-electron chi connectivity index (χ0n) is 25.1. The molecule has 9 heteroatoms. The number of hydrogen-bond acceptors (Lipinski definition) is 5. The summed E-state index contributed by atoms with van der Waals surface area (Å²) in [6, 6.07) is 17.9. The first-order chi connectivity index (χ1) is 20.1. The molecular formula is C33H37N5O3S. The monoisotopic (exact) mass is 583 g/mol. The minimum absolute atomic E-state index is 0.0642. The molecule has 1 amide bonds. The number of aromatic nitrogens is 2. The highest BCUT2D eigenvalue weighted by Gasteiger charge is 2.42. The first-order valence-corrected chi connectivity index (χ1v) is 14.3. The molecule has 0 radical (unpaired) electrons. The van der Waals surface area contributed by atoms with Crippen molar-refractivity contribution in [2.75, 3.05) is 31.0 Å². The van der Waals surface area contributed by atoms with E-state index in [1.54, 1.807) is 13.3 Å². The molecule has 2 aromatic heterocycles. The van der Waals surface area contributed by atoms with E-state index in [0.717, 1.165) is 28.3 Å². The molecular weight excluding hydrogens is 546 g/mol. The number of pyridine rings is 1. The molecule has 218 valence electrons. The standard InChI is InChI=1S/C33H37N5O3S/c1-19-14-20(2)31(21(3)15-19)37-22(4)16-25(23(37)5)32-30(26-10-8-9-13-34-26)36-33(42)38(32)24-11-12-28(41-7)27(17-24)35-29(39)18-40-6/h8-17,30,32H,18H2,1-7H3,(H,35,39)(H,36,42)/t30-,32-/m0/s1. The molecule has 1 aliphatic rings. The lowest BCUT2D eigenvalue weighted by Crippen LogP contribution is -2.29. The van der Waals surface area contributed by atoms with Crippen molar-refractivity contribution >= 4 is 34.6 Å². The van der Waals surface area contributed by atoms with Gasteiger partial charge in [0.15, 0.2) is 5.11 Å². The summed E-state index contributed by atoms with van der Waals surface area (Å²) in [7, 11) is 3.06. The Bertz CT molecular complexity index is 1630. The van der Waals surface area contributed by atoms with E-state index < -0.39 is 0 Å². The van der Waals surface area contributed by atoms with Crippen molar-refractivity contribution in [1.29, 1.82) is 0 Å². The zero-order valence-corrected chi connectivity index (χ0v) is 25.9. The summed E-state index contributed by atoms with van der Waals surface area (Å²) in [6.07, 6.45) is 1.80. The predicted molar refractivity (Wildman–Crippen MR) is 171 cm³/mol. The van der Waals surface area contributed by atoms with E-state index in [0.29, 0.717) is 16.5 Å². The SMILES string of the molecule is COCC(=O)Nc1cc(N2C(=S)N[C@@H](c3ccccn3)[C@@H]2c2cc(C)n(-c3c(C)cc(C)cc3C)c2C)ccc1OC. The smallest absolute Gasteiger partial charge is 0.250 e. The molecule has 42 heavy (non-hydrogen) atoms. The number of amides is 1. The molecule has 0 spiro atoms. The van der Waals surface area contributed by atoms with Gasteiger partial charge in [-0.2, -0.15) is 0 Å². The number of carbonyl (C=O) groups excluding carboxylic acids is 1. The van der Waals surface area contributed by atoms with Gasteiger partial charge in [-0.3, -0.25) is 9.78 Å². The van der Waals surface area contributed by atoms with Crippen molar-refractivity contribution in [2.45, 2.75) is 46.7 Å². The molecule has 3 heterocycles. The van der Waals surface area contributed by atoms with Crippen LogP contribution in [0, 0.1) is 34.6 Å². The number of thiocarbonyl (C=S) groups is 1. The highest BCUT2D eigenvalue weighted by Crippen LogP contribution is 2.45. The van der Waals surface area contributed by atoms with Gasteiger partial charge in [0.25, 0.3) is 0 Å². The fraction of sp³-hybridized carbons (Fsp3) is 0.303. The van der Waals surface area contributed by atoms with Gasteiger partial charge in [-0.25, -0.2) is 0 Å². The fourth-order valence-corrected chi connectivity index (χ4v) is 6.51. The van der Waals surface area contributed by atoms with E-state index in [1.165, 1.54) is 29.5 Å². The predicted octanol–water partition coefficient (Wildman–Crippen LogP) is 6.19. The lowest BCUT2D eigenvalue weighted by molar-refractivity contribution is -0.119. The number of aryl methyl sites for hydroxylation is 4. The van der Waals surface area contributed by atoms with Gasteiger partial charge in [-0.15, -0.1) is 0 Å². The second-order valence-corrected chi connectivity index (χ2v) is 11.2. The van der Waals surface area contributed by atoms with Crippen LogP contribution in [-0.2, 0) is 9.53 Å². The average Bonchev–Trinajstić information content (AvgIpc) is 3.44. The van der Waals surface area contributed by atoms with Crippen LogP contribution >= 0.6 is 12.2 Å². The van der Waals surface area contributed by atoms with Gasteiger partial charge in [0.05, 0.1) is 36.3 Å². The van der Waals surface area contributed by atoms with Crippen molar-refractivity contribution in [2.24, 2.45) is 0 Å². The summed E-state index contributed by atoms with van der Waals surface area (Å²) in [5.74, 6) is 0.271. The molecule has 5 rings (SSSR count). The summed E-state index contributed by atoms with van der Waals surface area (Å²) in [4.78, 5) is 19.3. The third-order valence-corrected chi connectivity index (χ3v) is 8.07. The normalized spacial score (nSPS) is 16.5. The molecule has 1 saturated heterocycles. The third-order valence-electron chi connectivity index (χ3n) is 7.76. The summed E-state index contributed by atoms with van der Waals surface area (Å²) < 4.78 is 12.9. The van der Waals surface area contributed by atoms with Gasteiger partial charge in [0.1, 0.15) is 12.4 Å². The molecule has 4 aromatic rings. The number of rotatable bonds is 8. The van der Waals surface area contributed by atoms with Crippen molar-refractivity contribution in [3.05, 3.63) is 100 Å². The number of nitrogens with one attached hydrogen (secondary N) is 2. The number of ether oxygens (including phenoxy) is 2. The van der Waals surface area contributed by atoms with Crippen LogP contribution in [0.1, 0.15) is 51.4 Å². The minimum atomic E-state index is -0.273. The van der Waals surface area contributed by atoms with Crippen LogP contribution in [-0.4, -0.2) is 41.4 Å². The molecule has 8 nitrogen and oxygen atoms in total. The van der Waals surface area contributed by atoms with E-state index in [1.807, 2.05) is 36.4 Å². The van der Waals surface area contributed by atoms with Crippen LogP contribution in [0.5, 0.6) is 5.75 Å². The Morgan fingerprint density at radius 1 is 1.02 bits per heavy atom. The molecule has 2 N–H and O–H groups in total. The maximum Gasteiger partial charge on any atom is 0.250 e. The molecule has 1 aliphatic heterocycles. The van der Waals surface area contributed by atoms with Gasteiger partial charge in [0.2, 0.25) is 5.91 Å². The third kappa shape index (κ3) is 5.37. The molecule has 1 fully saturated rings. The quantitative estimate of drug-likeness (QED) is 0.240. The molecule has 2 aromatic carbocycles. The largest absolute Gasteiger partial charge is 0.495 e. The van der Waals surface area contributed by atoms with Gasteiger partial charge in [-0.1, -0.05) is 23.8 Å². The van der Waals surface area contributed by atoms with E-state index in [4.69, 9.17) is 26.7 Å². The molecule has 0 saturated carbocycles. The summed E-state index contributed by atoms with van der Waals surface area (Å²) in [5.41, 5.74) is 10.5. The molecule has 2 atom stereocenters. The van der Waals surface area contributed by atoms with Crippen molar-refractivity contribution in [3.8, 4) is 11.4 Å². The number of benzene rings is 2. The van der Waals surface area contributed by atoms with Gasteiger partial charge < -0.3 is 29.6 Å². The van der Waals surface area contributed by atoms with Crippen molar-refractivity contribution in [1.82, 2.24) is 14.9 Å².